The fraction of sp³-hybridized carbons (Fsp3) is 0.923. The zero-order chi connectivity index (χ0) is 11.4. The average molecular weight is 225 g/mol. The van der Waals surface area contributed by atoms with Gasteiger partial charge in [0.2, 0.25) is 0 Å². The zero-order valence-corrected chi connectivity index (χ0v) is 10.3. The second-order valence-corrected chi connectivity index (χ2v) is 5.16. The average Bonchev–Trinajstić information content (AvgIpc) is 2.84. The molecule has 16 heavy (non-hydrogen) atoms. The van der Waals surface area contributed by atoms with Crippen LogP contribution in [0.5, 0.6) is 0 Å². The Hall–Kier alpha value is -0.410. The summed E-state index contributed by atoms with van der Waals surface area (Å²) in [5, 5.41) is 0. The van der Waals surface area contributed by atoms with Gasteiger partial charge < -0.3 is 4.74 Å². The Balaban J connectivity index is 1.72. The molecule has 2 unspecified atom stereocenters. The van der Waals surface area contributed by atoms with Gasteiger partial charge in [0.15, 0.2) is 0 Å². The van der Waals surface area contributed by atoms with E-state index in [1.54, 1.807) is 6.92 Å². The number of carbonyl (C=O) groups excluding carboxylic acids is 1. The van der Waals surface area contributed by atoms with Crippen molar-refractivity contribution in [2.75, 3.05) is 19.7 Å². The second-order valence-electron chi connectivity index (χ2n) is 5.16. The van der Waals surface area contributed by atoms with Crippen molar-refractivity contribution >= 4 is 5.78 Å². The van der Waals surface area contributed by atoms with E-state index >= 15 is 0 Å². The van der Waals surface area contributed by atoms with Gasteiger partial charge in [-0.25, -0.2) is 0 Å². The molecule has 0 bridgehead atoms. The molecule has 2 aliphatic heterocycles. The summed E-state index contributed by atoms with van der Waals surface area (Å²) >= 11 is 0. The van der Waals surface area contributed by atoms with E-state index < -0.39 is 0 Å². The van der Waals surface area contributed by atoms with Gasteiger partial charge in [-0.2, -0.15) is 0 Å². The highest BCUT2D eigenvalue weighted by molar-refractivity contribution is 5.76. The maximum Gasteiger partial charge on any atom is 0.131 e. The van der Waals surface area contributed by atoms with E-state index in [9.17, 15) is 4.79 Å². The van der Waals surface area contributed by atoms with Gasteiger partial charge in [-0.15, -0.1) is 0 Å². The van der Waals surface area contributed by atoms with Gasteiger partial charge in [0.1, 0.15) is 5.78 Å². The van der Waals surface area contributed by atoms with Gasteiger partial charge in [0.05, 0.1) is 6.10 Å². The summed E-state index contributed by atoms with van der Waals surface area (Å²) in [5.74, 6) is 0.328. The van der Waals surface area contributed by atoms with Crippen molar-refractivity contribution in [3.63, 3.8) is 0 Å². The SMILES string of the molecule is CC(=O)CC1CCCN1CCC1CCCO1. The number of hydrogen-bond acceptors (Lipinski definition) is 3. The normalized spacial score (nSPS) is 31.1. The molecular weight excluding hydrogens is 202 g/mol. The van der Waals surface area contributed by atoms with Crippen LogP contribution < -0.4 is 0 Å². The maximum atomic E-state index is 11.2. The van der Waals surface area contributed by atoms with E-state index in [1.165, 1.54) is 32.2 Å². The lowest BCUT2D eigenvalue weighted by molar-refractivity contribution is -0.118. The minimum atomic E-state index is 0.328. The number of hydrogen-bond donors (Lipinski definition) is 0. The van der Waals surface area contributed by atoms with Crippen LogP contribution in [0, 0.1) is 0 Å². The van der Waals surface area contributed by atoms with Crippen LogP contribution in [0.1, 0.15) is 45.4 Å². The number of likely N-dealkylation sites (tertiary alicyclic amines) is 1. The molecule has 2 rings (SSSR count). The lowest BCUT2D eigenvalue weighted by Gasteiger charge is -2.24. The molecule has 2 aliphatic rings. The van der Waals surface area contributed by atoms with Crippen LogP contribution in [0.3, 0.4) is 0 Å². The van der Waals surface area contributed by atoms with Crippen LogP contribution in [0.25, 0.3) is 0 Å². The fourth-order valence-electron chi connectivity index (χ4n) is 2.93. The molecule has 0 saturated carbocycles. The molecular formula is C13H23NO2. The highest BCUT2D eigenvalue weighted by atomic mass is 16.5. The van der Waals surface area contributed by atoms with E-state index in [-0.39, 0.29) is 0 Å². The van der Waals surface area contributed by atoms with E-state index in [4.69, 9.17) is 4.74 Å². The van der Waals surface area contributed by atoms with E-state index in [2.05, 4.69) is 4.90 Å². The first kappa shape index (κ1) is 12.1. The Morgan fingerprint density at radius 1 is 1.38 bits per heavy atom. The van der Waals surface area contributed by atoms with Gasteiger partial charge >= 0.3 is 0 Å². The number of ether oxygens (including phenoxy) is 1. The molecule has 2 fully saturated rings. The molecule has 2 heterocycles. The molecule has 0 aliphatic carbocycles. The van der Waals surface area contributed by atoms with Crippen LogP contribution in [-0.2, 0) is 9.53 Å². The molecule has 0 aromatic carbocycles. The molecule has 92 valence electrons. The zero-order valence-electron chi connectivity index (χ0n) is 10.3. The molecule has 0 aromatic rings. The number of Topliss-reactive ketones (excluding diaryl/α,β-unsaturated/α-hetero) is 1. The van der Waals surface area contributed by atoms with Crippen LogP contribution in [-0.4, -0.2) is 42.5 Å². The summed E-state index contributed by atoms with van der Waals surface area (Å²) in [4.78, 5) is 13.6. The lowest BCUT2D eigenvalue weighted by Crippen LogP contribution is -2.33. The van der Waals surface area contributed by atoms with Crippen LogP contribution >= 0.6 is 0 Å². The fourth-order valence-corrected chi connectivity index (χ4v) is 2.93. The second kappa shape index (κ2) is 5.78. The molecule has 3 nitrogen and oxygen atoms in total. The van der Waals surface area contributed by atoms with Crippen molar-refractivity contribution in [3.8, 4) is 0 Å². The first-order chi connectivity index (χ1) is 7.75. The van der Waals surface area contributed by atoms with E-state index in [0.29, 0.717) is 17.9 Å². The topological polar surface area (TPSA) is 29.5 Å². The Morgan fingerprint density at radius 2 is 2.25 bits per heavy atom. The predicted octanol–water partition coefficient (Wildman–Crippen LogP) is 2.00. The van der Waals surface area contributed by atoms with Crippen LogP contribution in [0.2, 0.25) is 0 Å². The molecule has 2 saturated heterocycles. The summed E-state index contributed by atoms with van der Waals surface area (Å²) in [6, 6.07) is 0.513. The largest absolute Gasteiger partial charge is 0.378 e. The number of ketones is 1. The number of rotatable bonds is 5. The summed E-state index contributed by atoms with van der Waals surface area (Å²) in [6.45, 7) is 4.94. The first-order valence-corrected chi connectivity index (χ1v) is 6.61. The van der Waals surface area contributed by atoms with E-state index in [1.807, 2.05) is 0 Å². The van der Waals surface area contributed by atoms with Crippen LogP contribution in [0.15, 0.2) is 0 Å². The molecule has 0 aromatic heterocycles. The van der Waals surface area contributed by atoms with E-state index in [0.717, 1.165) is 26.0 Å². The Morgan fingerprint density at radius 3 is 2.94 bits per heavy atom. The monoisotopic (exact) mass is 225 g/mol. The molecule has 0 radical (unpaired) electrons. The van der Waals surface area contributed by atoms with Gasteiger partial charge in [-0.1, -0.05) is 0 Å². The highest BCUT2D eigenvalue weighted by Gasteiger charge is 2.26. The van der Waals surface area contributed by atoms with Crippen molar-refractivity contribution in [3.05, 3.63) is 0 Å². The Bertz CT molecular complexity index is 236. The van der Waals surface area contributed by atoms with Crippen LogP contribution in [0.4, 0.5) is 0 Å². The molecule has 0 spiro atoms. The van der Waals surface area contributed by atoms with Crippen molar-refractivity contribution in [1.29, 1.82) is 0 Å². The van der Waals surface area contributed by atoms with Gasteiger partial charge in [-0.3, -0.25) is 9.69 Å². The van der Waals surface area contributed by atoms with Crippen molar-refractivity contribution < 1.29 is 9.53 Å². The van der Waals surface area contributed by atoms with Gasteiger partial charge in [-0.05, 0) is 45.6 Å². The maximum absolute atomic E-state index is 11.2. The highest BCUT2D eigenvalue weighted by Crippen LogP contribution is 2.22. The molecule has 0 N–H and O–H groups in total. The Kier molecular flexibility index (Phi) is 4.36. The summed E-state index contributed by atoms with van der Waals surface area (Å²) < 4.78 is 5.64. The quantitative estimate of drug-likeness (QED) is 0.716. The molecule has 0 amide bonds. The third-order valence-corrected chi connectivity index (χ3v) is 3.78. The standard InChI is InChI=1S/C13H23NO2/c1-11(15)10-12-4-2-7-14(12)8-6-13-5-3-9-16-13/h12-13H,2-10H2,1H3. The lowest BCUT2D eigenvalue weighted by atomic mass is 10.1. The summed E-state index contributed by atoms with van der Waals surface area (Å²) in [6.07, 6.45) is 7.28. The van der Waals surface area contributed by atoms with Gasteiger partial charge in [0, 0.05) is 25.6 Å². The minimum Gasteiger partial charge on any atom is -0.378 e. The molecule has 2 atom stereocenters. The Labute approximate surface area is 98.1 Å². The third-order valence-electron chi connectivity index (χ3n) is 3.78. The number of carbonyl (C=O) groups is 1. The smallest absolute Gasteiger partial charge is 0.131 e. The third kappa shape index (κ3) is 3.29. The van der Waals surface area contributed by atoms with Crippen molar-refractivity contribution in [2.45, 2.75) is 57.6 Å². The van der Waals surface area contributed by atoms with Crippen molar-refractivity contribution in [2.24, 2.45) is 0 Å². The van der Waals surface area contributed by atoms with Gasteiger partial charge in [0.25, 0.3) is 0 Å². The first-order valence-electron chi connectivity index (χ1n) is 6.61. The molecule has 3 heteroatoms. The summed E-state index contributed by atoms with van der Waals surface area (Å²) in [5.41, 5.74) is 0. The number of nitrogens with zero attached hydrogens (tertiary/aromatic N) is 1. The summed E-state index contributed by atoms with van der Waals surface area (Å²) in [7, 11) is 0. The predicted molar refractivity (Wildman–Crippen MR) is 63.5 cm³/mol. The van der Waals surface area contributed by atoms with Crippen molar-refractivity contribution in [1.82, 2.24) is 4.90 Å². The minimum absolute atomic E-state index is 0.328.